The number of nitrogens with two attached hydrogens (primary N) is 1. The lowest BCUT2D eigenvalue weighted by Crippen LogP contribution is -2.23. The number of carbonyl (C=O) groups is 2. The summed E-state index contributed by atoms with van der Waals surface area (Å²) >= 11 is 0. The van der Waals surface area contributed by atoms with Crippen LogP contribution in [0.25, 0.3) is 11.1 Å². The number of ether oxygens (including phenoxy) is 1. The quantitative estimate of drug-likeness (QED) is 0.197. The number of aromatic nitrogens is 2. The highest BCUT2D eigenvalue weighted by Gasteiger charge is 2.11. The molecule has 0 bridgehead atoms. The van der Waals surface area contributed by atoms with Crippen LogP contribution in [0.15, 0.2) is 59.5 Å². The van der Waals surface area contributed by atoms with Crippen LogP contribution in [0.2, 0.25) is 0 Å². The van der Waals surface area contributed by atoms with E-state index in [9.17, 15) is 14.4 Å². The molecule has 1 aromatic heterocycles. The Morgan fingerprint density at radius 2 is 1.83 bits per heavy atom. The minimum absolute atomic E-state index is 0.0122. The first-order valence-corrected chi connectivity index (χ1v) is 11.6. The van der Waals surface area contributed by atoms with Gasteiger partial charge in [0.25, 0.3) is 5.56 Å². The van der Waals surface area contributed by atoms with Crippen LogP contribution in [0.3, 0.4) is 0 Å². The van der Waals surface area contributed by atoms with Crippen molar-refractivity contribution in [2.24, 2.45) is 5.73 Å². The number of carboxylic acid groups (broad SMARTS) is 1. The van der Waals surface area contributed by atoms with Gasteiger partial charge in [-0.2, -0.15) is 0 Å². The highest BCUT2D eigenvalue weighted by Crippen LogP contribution is 2.24. The first-order chi connectivity index (χ1) is 17.5. The molecule has 0 aliphatic carbocycles. The van der Waals surface area contributed by atoms with Crippen LogP contribution in [-0.2, 0) is 11.3 Å². The monoisotopic (exact) mass is 494 g/mol. The molecule has 190 valence electrons. The molecule has 36 heavy (non-hydrogen) atoms. The van der Waals surface area contributed by atoms with Crippen molar-refractivity contribution in [3.05, 3.63) is 70.6 Å². The zero-order valence-corrected chi connectivity index (χ0v) is 19.8. The van der Waals surface area contributed by atoms with Gasteiger partial charge in [-0.3, -0.25) is 19.9 Å². The minimum Gasteiger partial charge on any atom is -0.491 e. The highest BCUT2D eigenvalue weighted by atomic mass is 16.5. The first-order valence-electron chi connectivity index (χ1n) is 11.6. The zero-order chi connectivity index (χ0) is 25.8. The standard InChI is InChI=1S/C25H30N6O5/c26-12-4-13-27-15-17-8-10-18(11-9-17)19-16-28-24(30-23(19)34)31-25(35)29-20-5-1-2-6-21(20)36-14-3-7-22(32)33/h1-2,5-6,8-11,16,27H,3-4,7,12-15,26H2,(H,32,33)(H3,28,29,30,31,34,35). The summed E-state index contributed by atoms with van der Waals surface area (Å²) in [6.07, 6.45) is 2.64. The summed E-state index contributed by atoms with van der Waals surface area (Å²) in [6, 6.07) is 13.7. The Bertz CT molecular complexity index is 1210. The van der Waals surface area contributed by atoms with Gasteiger partial charge in [0.15, 0.2) is 0 Å². The molecule has 11 heteroatoms. The number of nitrogens with zero attached hydrogens (tertiary/aromatic N) is 1. The summed E-state index contributed by atoms with van der Waals surface area (Å²) in [6.45, 7) is 2.39. The number of benzene rings is 2. The number of H-pyrrole nitrogens is 1. The molecule has 3 aromatic rings. The van der Waals surface area contributed by atoms with Crippen LogP contribution in [0.5, 0.6) is 5.75 Å². The summed E-state index contributed by atoms with van der Waals surface area (Å²) in [7, 11) is 0. The zero-order valence-electron chi connectivity index (χ0n) is 19.8. The van der Waals surface area contributed by atoms with Crippen molar-refractivity contribution < 1.29 is 19.4 Å². The van der Waals surface area contributed by atoms with Crippen LogP contribution in [0, 0.1) is 0 Å². The maximum Gasteiger partial charge on any atom is 0.326 e. The van der Waals surface area contributed by atoms with Crippen LogP contribution >= 0.6 is 0 Å². The third-order valence-electron chi connectivity index (χ3n) is 5.11. The smallest absolute Gasteiger partial charge is 0.326 e. The van der Waals surface area contributed by atoms with Gasteiger partial charge in [-0.1, -0.05) is 36.4 Å². The fourth-order valence-electron chi connectivity index (χ4n) is 3.29. The Kier molecular flexibility index (Phi) is 9.98. The summed E-state index contributed by atoms with van der Waals surface area (Å²) in [4.78, 5) is 42.4. The van der Waals surface area contributed by atoms with E-state index in [-0.39, 0.29) is 19.0 Å². The number of hydrogen-bond acceptors (Lipinski definition) is 7. The number of rotatable bonds is 13. The van der Waals surface area contributed by atoms with Gasteiger partial charge in [0.2, 0.25) is 5.95 Å². The molecule has 1 heterocycles. The Morgan fingerprint density at radius 3 is 2.56 bits per heavy atom. The second-order valence-electron chi connectivity index (χ2n) is 7.91. The molecular weight excluding hydrogens is 464 g/mol. The number of hydrogen-bond donors (Lipinski definition) is 6. The molecule has 0 spiro atoms. The van der Waals surface area contributed by atoms with Crippen molar-refractivity contribution in [3.8, 4) is 16.9 Å². The molecule has 0 atom stereocenters. The Labute approximate surface area is 208 Å². The number of amides is 2. The topological polar surface area (TPSA) is 171 Å². The van der Waals surface area contributed by atoms with E-state index in [1.165, 1.54) is 6.20 Å². The molecule has 2 amide bonds. The molecule has 0 aliphatic heterocycles. The molecule has 2 aromatic carbocycles. The van der Waals surface area contributed by atoms with E-state index in [2.05, 4.69) is 25.9 Å². The maximum absolute atomic E-state index is 12.6. The van der Waals surface area contributed by atoms with E-state index >= 15 is 0 Å². The average molecular weight is 495 g/mol. The van der Waals surface area contributed by atoms with E-state index in [0.29, 0.717) is 42.1 Å². The molecule has 3 rings (SSSR count). The van der Waals surface area contributed by atoms with E-state index in [0.717, 1.165) is 18.5 Å². The summed E-state index contributed by atoms with van der Waals surface area (Å²) in [5, 5.41) is 17.2. The summed E-state index contributed by atoms with van der Waals surface area (Å²) in [5.41, 5.74) is 7.66. The molecule has 0 radical (unpaired) electrons. The van der Waals surface area contributed by atoms with Crippen molar-refractivity contribution in [1.82, 2.24) is 15.3 Å². The molecular formula is C25H30N6O5. The van der Waals surface area contributed by atoms with Gasteiger partial charge in [-0.05, 0) is 49.2 Å². The first kappa shape index (κ1) is 26.4. The lowest BCUT2D eigenvalue weighted by molar-refractivity contribution is -0.137. The largest absolute Gasteiger partial charge is 0.491 e. The van der Waals surface area contributed by atoms with Gasteiger partial charge in [0.05, 0.1) is 17.9 Å². The highest BCUT2D eigenvalue weighted by molar-refractivity contribution is 5.99. The van der Waals surface area contributed by atoms with Crippen molar-refractivity contribution in [2.75, 3.05) is 30.3 Å². The average Bonchev–Trinajstić information content (AvgIpc) is 2.86. The number of carbonyl (C=O) groups excluding carboxylic acids is 1. The Morgan fingerprint density at radius 1 is 1.06 bits per heavy atom. The lowest BCUT2D eigenvalue weighted by Gasteiger charge is -2.12. The second-order valence-corrected chi connectivity index (χ2v) is 7.91. The number of nitrogens with one attached hydrogen (secondary N) is 4. The van der Waals surface area contributed by atoms with Crippen LogP contribution in [0.4, 0.5) is 16.4 Å². The van der Waals surface area contributed by atoms with Crippen molar-refractivity contribution >= 4 is 23.6 Å². The van der Waals surface area contributed by atoms with Crippen molar-refractivity contribution in [3.63, 3.8) is 0 Å². The molecule has 0 aliphatic rings. The third kappa shape index (κ3) is 8.22. The van der Waals surface area contributed by atoms with Crippen molar-refractivity contribution in [1.29, 1.82) is 0 Å². The van der Waals surface area contributed by atoms with Crippen LogP contribution < -0.4 is 32.0 Å². The van der Waals surface area contributed by atoms with E-state index < -0.39 is 17.6 Å². The van der Waals surface area contributed by atoms with Crippen LogP contribution in [0.1, 0.15) is 24.8 Å². The molecule has 11 nitrogen and oxygen atoms in total. The number of aromatic amines is 1. The molecule has 0 saturated carbocycles. The minimum atomic E-state index is -0.903. The van der Waals surface area contributed by atoms with Gasteiger partial charge < -0.3 is 26.2 Å². The number of urea groups is 1. The predicted molar refractivity (Wildman–Crippen MR) is 137 cm³/mol. The fourth-order valence-corrected chi connectivity index (χ4v) is 3.29. The number of anilines is 2. The van der Waals surface area contributed by atoms with Crippen LogP contribution in [-0.4, -0.2) is 46.8 Å². The number of carboxylic acids is 1. The number of aliphatic carboxylic acids is 1. The maximum atomic E-state index is 12.6. The molecule has 7 N–H and O–H groups in total. The van der Waals surface area contributed by atoms with Gasteiger partial charge in [0.1, 0.15) is 5.75 Å². The molecule has 0 unspecified atom stereocenters. The van der Waals surface area contributed by atoms with E-state index in [4.69, 9.17) is 15.6 Å². The number of para-hydroxylation sites is 2. The second kappa shape index (κ2) is 13.6. The van der Waals surface area contributed by atoms with Gasteiger partial charge >= 0.3 is 12.0 Å². The van der Waals surface area contributed by atoms with Crippen molar-refractivity contribution in [2.45, 2.75) is 25.8 Å². The Hall–Kier alpha value is -4.22. The van der Waals surface area contributed by atoms with E-state index in [1.807, 2.05) is 24.3 Å². The van der Waals surface area contributed by atoms with Gasteiger partial charge in [-0.15, -0.1) is 0 Å². The van der Waals surface area contributed by atoms with E-state index in [1.54, 1.807) is 24.3 Å². The van der Waals surface area contributed by atoms with Gasteiger partial charge in [-0.25, -0.2) is 9.78 Å². The normalized spacial score (nSPS) is 10.6. The fraction of sp³-hybridized carbons (Fsp3) is 0.280. The summed E-state index contributed by atoms with van der Waals surface area (Å²) in [5.74, 6) is -0.519. The lowest BCUT2D eigenvalue weighted by atomic mass is 10.1. The third-order valence-corrected chi connectivity index (χ3v) is 5.11. The molecule has 0 saturated heterocycles. The SMILES string of the molecule is NCCCNCc1ccc(-c2cnc(NC(=O)Nc3ccccc3OCCCC(=O)O)[nH]c2=O)cc1. The Balaban J connectivity index is 1.58. The van der Waals surface area contributed by atoms with Gasteiger partial charge in [0, 0.05) is 19.2 Å². The predicted octanol–water partition coefficient (Wildman–Crippen LogP) is 2.76. The summed E-state index contributed by atoms with van der Waals surface area (Å²) < 4.78 is 5.58. The molecule has 0 fully saturated rings.